The molecule has 2 heterocycles. The minimum atomic E-state index is -1.04. The number of fused-ring (bicyclic) bond motifs is 1. The van der Waals surface area contributed by atoms with E-state index in [0.717, 1.165) is 51.1 Å². The number of halogens is 2. The van der Waals surface area contributed by atoms with Gasteiger partial charge in [-0.05, 0) is 49.9 Å². The van der Waals surface area contributed by atoms with Crippen molar-refractivity contribution < 1.29 is 18.3 Å². The Morgan fingerprint density at radius 1 is 1.03 bits per heavy atom. The number of carbonyl (C=O) groups excluding carboxylic acids is 1. The van der Waals surface area contributed by atoms with Crippen LogP contribution in [0.15, 0.2) is 48.5 Å². The highest BCUT2D eigenvalue weighted by Crippen LogP contribution is 2.34. The van der Waals surface area contributed by atoms with Crippen LogP contribution in [0.1, 0.15) is 55.1 Å². The van der Waals surface area contributed by atoms with Crippen molar-refractivity contribution in [1.29, 1.82) is 0 Å². The number of likely N-dealkylation sites (tertiary alicyclic amines) is 1. The Kier molecular flexibility index (Phi) is 7.27. The molecule has 5 rings (SSSR count). The highest BCUT2D eigenvalue weighted by atomic mass is 19.1. The van der Waals surface area contributed by atoms with Gasteiger partial charge in [0.25, 0.3) is 5.91 Å². The van der Waals surface area contributed by atoms with Crippen molar-refractivity contribution in [3.05, 3.63) is 60.0 Å². The summed E-state index contributed by atoms with van der Waals surface area (Å²) in [5.74, 6) is -0.0323. The zero-order chi connectivity index (χ0) is 24.2. The maximum absolute atomic E-state index is 14.8. The Hall–Kier alpha value is -3.00. The van der Waals surface area contributed by atoms with Crippen LogP contribution in [0.4, 0.5) is 8.78 Å². The Bertz CT molecular complexity index is 1140. The molecule has 0 bridgehead atoms. The van der Waals surface area contributed by atoms with E-state index in [4.69, 9.17) is 4.74 Å². The predicted molar refractivity (Wildman–Crippen MR) is 131 cm³/mol. The van der Waals surface area contributed by atoms with Crippen molar-refractivity contribution in [2.45, 2.75) is 56.8 Å². The fourth-order valence-electron chi connectivity index (χ4n) is 5.27. The lowest BCUT2D eigenvalue weighted by Gasteiger charge is -2.32. The van der Waals surface area contributed by atoms with Gasteiger partial charge in [-0.15, -0.1) is 0 Å². The smallest absolute Gasteiger partial charge is 0.272 e. The number of hydrogen-bond acceptors (Lipinski definition) is 4. The van der Waals surface area contributed by atoms with Crippen LogP contribution in [0.25, 0.3) is 10.9 Å². The number of nitrogens with zero attached hydrogens (tertiary/aromatic N) is 3. The lowest BCUT2D eigenvalue weighted by Crippen LogP contribution is -2.45. The van der Waals surface area contributed by atoms with Crippen LogP contribution in [-0.2, 0) is 0 Å². The molecule has 1 saturated heterocycles. The number of alkyl halides is 1. The Morgan fingerprint density at radius 2 is 1.80 bits per heavy atom. The molecule has 3 aromatic rings. The number of ether oxygens (including phenoxy) is 1. The quantitative estimate of drug-likeness (QED) is 0.520. The van der Waals surface area contributed by atoms with Gasteiger partial charge in [-0.3, -0.25) is 14.4 Å². The van der Waals surface area contributed by atoms with Crippen molar-refractivity contribution in [2.75, 3.05) is 26.2 Å². The standard InChI is InChI=1S/C27H32F2N4O2/c28-21-9-4-5-11-23(21)33-24-12-6-10-22(29)25(24)26(31-33)27(34)30-19-13-15-32(16-14-19)17-18-35-20-7-2-1-3-8-20/h1-3,6-8,10,12,19,21,23H,4-5,9,11,13-18H2,(H,30,34). The summed E-state index contributed by atoms with van der Waals surface area (Å²) in [5.41, 5.74) is 0.535. The van der Waals surface area contributed by atoms with Crippen LogP contribution < -0.4 is 10.1 Å². The average molecular weight is 483 g/mol. The minimum Gasteiger partial charge on any atom is -0.492 e. The molecule has 1 N–H and O–H groups in total. The zero-order valence-corrected chi connectivity index (χ0v) is 19.8. The van der Waals surface area contributed by atoms with Gasteiger partial charge in [0.2, 0.25) is 0 Å². The highest BCUT2D eigenvalue weighted by molar-refractivity contribution is 6.05. The molecule has 2 aliphatic rings. The number of rotatable bonds is 7. The van der Waals surface area contributed by atoms with Gasteiger partial charge >= 0.3 is 0 Å². The van der Waals surface area contributed by atoms with Gasteiger partial charge in [-0.2, -0.15) is 5.10 Å². The van der Waals surface area contributed by atoms with Crippen molar-refractivity contribution in [3.63, 3.8) is 0 Å². The summed E-state index contributed by atoms with van der Waals surface area (Å²) in [6.07, 6.45) is 3.41. The molecule has 1 aliphatic heterocycles. The van der Waals surface area contributed by atoms with Crippen LogP contribution >= 0.6 is 0 Å². The molecule has 186 valence electrons. The first-order valence-electron chi connectivity index (χ1n) is 12.6. The van der Waals surface area contributed by atoms with E-state index >= 15 is 0 Å². The zero-order valence-electron chi connectivity index (χ0n) is 19.8. The number of hydrogen-bond donors (Lipinski definition) is 1. The topological polar surface area (TPSA) is 59.4 Å². The van der Waals surface area contributed by atoms with E-state index in [1.807, 2.05) is 30.3 Å². The predicted octanol–water partition coefficient (Wildman–Crippen LogP) is 4.90. The largest absolute Gasteiger partial charge is 0.492 e. The van der Waals surface area contributed by atoms with Gasteiger partial charge < -0.3 is 10.1 Å². The third-order valence-corrected chi connectivity index (χ3v) is 7.20. The van der Waals surface area contributed by atoms with Gasteiger partial charge in [-0.25, -0.2) is 8.78 Å². The van der Waals surface area contributed by atoms with Crippen LogP contribution in [0.2, 0.25) is 0 Å². The molecule has 2 aromatic carbocycles. The van der Waals surface area contributed by atoms with Gasteiger partial charge in [0.05, 0.1) is 16.9 Å². The SMILES string of the molecule is O=C(NC1CCN(CCOc2ccccc2)CC1)c1nn(C2CCCCC2F)c2cccc(F)c12. The number of nitrogens with one attached hydrogen (secondary N) is 1. The van der Waals surface area contributed by atoms with E-state index in [-0.39, 0.29) is 17.1 Å². The molecule has 8 heteroatoms. The fourth-order valence-corrected chi connectivity index (χ4v) is 5.27. The summed E-state index contributed by atoms with van der Waals surface area (Å²) < 4.78 is 36.8. The number of benzene rings is 2. The minimum absolute atomic E-state index is 0.00984. The number of piperidine rings is 1. The van der Waals surface area contributed by atoms with Crippen LogP contribution in [-0.4, -0.2) is 59.0 Å². The van der Waals surface area contributed by atoms with Gasteiger partial charge in [0, 0.05) is 25.7 Å². The summed E-state index contributed by atoms with van der Waals surface area (Å²) in [7, 11) is 0. The molecular weight excluding hydrogens is 450 g/mol. The average Bonchev–Trinajstić information content (AvgIpc) is 3.27. The van der Waals surface area contributed by atoms with E-state index in [2.05, 4.69) is 15.3 Å². The second-order valence-corrected chi connectivity index (χ2v) is 9.55. The van der Waals surface area contributed by atoms with E-state index < -0.39 is 23.9 Å². The first kappa shape index (κ1) is 23.7. The van der Waals surface area contributed by atoms with Crippen molar-refractivity contribution >= 4 is 16.8 Å². The molecule has 35 heavy (non-hydrogen) atoms. The van der Waals surface area contributed by atoms with Crippen molar-refractivity contribution in [1.82, 2.24) is 20.0 Å². The third kappa shape index (κ3) is 5.32. The lowest BCUT2D eigenvalue weighted by atomic mass is 9.93. The maximum Gasteiger partial charge on any atom is 0.272 e. The number of para-hydroxylation sites is 1. The number of aromatic nitrogens is 2. The Morgan fingerprint density at radius 3 is 2.57 bits per heavy atom. The van der Waals surface area contributed by atoms with Gasteiger partial charge in [-0.1, -0.05) is 37.1 Å². The van der Waals surface area contributed by atoms with Crippen LogP contribution in [0, 0.1) is 5.82 Å². The fraction of sp³-hybridized carbons (Fsp3) is 0.481. The molecule has 2 fully saturated rings. The summed E-state index contributed by atoms with van der Waals surface area (Å²) in [5, 5.41) is 7.70. The first-order chi connectivity index (χ1) is 17.1. The summed E-state index contributed by atoms with van der Waals surface area (Å²) in [6, 6.07) is 13.9. The second kappa shape index (κ2) is 10.7. The van der Waals surface area contributed by atoms with Crippen LogP contribution in [0.3, 0.4) is 0 Å². The number of amides is 1. The van der Waals surface area contributed by atoms with Crippen molar-refractivity contribution in [2.24, 2.45) is 0 Å². The highest BCUT2D eigenvalue weighted by Gasteiger charge is 2.31. The molecule has 0 spiro atoms. The molecule has 0 radical (unpaired) electrons. The van der Waals surface area contributed by atoms with Gasteiger partial charge in [0.15, 0.2) is 5.69 Å². The molecule has 1 aliphatic carbocycles. The third-order valence-electron chi connectivity index (χ3n) is 7.20. The summed E-state index contributed by atoms with van der Waals surface area (Å²) >= 11 is 0. The first-order valence-corrected chi connectivity index (χ1v) is 12.6. The van der Waals surface area contributed by atoms with E-state index in [1.165, 1.54) is 6.07 Å². The lowest BCUT2D eigenvalue weighted by molar-refractivity contribution is 0.0898. The molecule has 1 saturated carbocycles. The molecule has 2 atom stereocenters. The summed E-state index contributed by atoms with van der Waals surface area (Å²) in [4.78, 5) is 15.5. The molecular formula is C27H32F2N4O2. The number of carbonyl (C=O) groups is 1. The molecule has 6 nitrogen and oxygen atoms in total. The monoisotopic (exact) mass is 482 g/mol. The molecule has 2 unspecified atom stereocenters. The van der Waals surface area contributed by atoms with Crippen molar-refractivity contribution in [3.8, 4) is 5.75 Å². The molecule has 1 aromatic heterocycles. The van der Waals surface area contributed by atoms with E-state index in [9.17, 15) is 13.6 Å². The molecule has 1 amide bonds. The van der Waals surface area contributed by atoms with E-state index in [0.29, 0.717) is 25.0 Å². The van der Waals surface area contributed by atoms with Crippen LogP contribution in [0.5, 0.6) is 5.75 Å². The Labute approximate surface area is 204 Å². The van der Waals surface area contributed by atoms with Gasteiger partial charge in [0.1, 0.15) is 24.3 Å². The summed E-state index contributed by atoms with van der Waals surface area (Å²) in [6.45, 7) is 3.12. The van der Waals surface area contributed by atoms with E-state index in [1.54, 1.807) is 16.8 Å². The second-order valence-electron chi connectivity index (χ2n) is 9.55. The normalized spacial score (nSPS) is 21.8. The Balaban J connectivity index is 1.21. The maximum atomic E-state index is 14.8.